The van der Waals surface area contributed by atoms with Gasteiger partial charge in [0.05, 0.1) is 0 Å². The molecule has 7 heteroatoms. The molecule has 1 saturated heterocycles. The molecule has 0 unspecified atom stereocenters. The highest BCUT2D eigenvalue weighted by Crippen LogP contribution is 2.52. The van der Waals surface area contributed by atoms with Crippen LogP contribution in [0.25, 0.3) is 0 Å². The number of hydrogen-bond donors (Lipinski definition) is 1. The van der Waals surface area contributed by atoms with Crippen LogP contribution >= 0.6 is 0 Å². The minimum absolute atomic E-state index is 0.0551. The third kappa shape index (κ3) is 3.66. The van der Waals surface area contributed by atoms with Crippen LogP contribution in [-0.2, 0) is 4.79 Å². The van der Waals surface area contributed by atoms with Crippen molar-refractivity contribution in [2.75, 3.05) is 20.1 Å². The fourth-order valence-corrected chi connectivity index (χ4v) is 3.60. The fourth-order valence-electron chi connectivity index (χ4n) is 3.60. The predicted molar refractivity (Wildman–Crippen MR) is 82.6 cm³/mol. The number of carbonyl (C=O) groups is 1. The van der Waals surface area contributed by atoms with Crippen molar-refractivity contribution in [2.45, 2.75) is 37.6 Å². The van der Waals surface area contributed by atoms with E-state index in [1.807, 2.05) is 11.9 Å². The molecule has 3 atom stereocenters. The van der Waals surface area contributed by atoms with E-state index >= 15 is 0 Å². The molecule has 0 radical (unpaired) electrons. The molecule has 4 nitrogen and oxygen atoms in total. The van der Waals surface area contributed by atoms with E-state index in [2.05, 4.69) is 10.1 Å². The van der Waals surface area contributed by atoms with Crippen LogP contribution in [0.3, 0.4) is 0 Å². The molecule has 2 fully saturated rings. The van der Waals surface area contributed by atoms with E-state index in [4.69, 9.17) is 0 Å². The van der Waals surface area contributed by atoms with Crippen molar-refractivity contribution < 1.29 is 22.7 Å². The molecule has 1 aliphatic heterocycles. The Morgan fingerprint density at radius 2 is 2.12 bits per heavy atom. The van der Waals surface area contributed by atoms with Gasteiger partial charge in [0.1, 0.15) is 5.75 Å². The molecule has 0 aromatic heterocycles. The summed E-state index contributed by atoms with van der Waals surface area (Å²) in [7, 11) is 1.85. The topological polar surface area (TPSA) is 41.6 Å². The van der Waals surface area contributed by atoms with Crippen molar-refractivity contribution >= 4 is 5.91 Å². The Kier molecular flexibility index (Phi) is 4.71. The molecule has 24 heavy (non-hydrogen) atoms. The Morgan fingerprint density at radius 3 is 2.83 bits per heavy atom. The first-order chi connectivity index (χ1) is 11.4. The maximum absolute atomic E-state index is 12.7. The van der Waals surface area contributed by atoms with Crippen molar-refractivity contribution in [1.82, 2.24) is 10.2 Å². The van der Waals surface area contributed by atoms with Gasteiger partial charge in [-0.05, 0) is 43.9 Å². The van der Waals surface area contributed by atoms with E-state index in [9.17, 15) is 18.0 Å². The van der Waals surface area contributed by atoms with Gasteiger partial charge >= 0.3 is 6.36 Å². The number of ether oxygens (including phenoxy) is 1. The number of benzene rings is 1. The van der Waals surface area contributed by atoms with Crippen LogP contribution in [0.1, 0.15) is 30.7 Å². The minimum atomic E-state index is -4.72. The van der Waals surface area contributed by atoms with E-state index in [1.165, 1.54) is 12.1 Å². The number of amides is 1. The Balaban J connectivity index is 1.70. The van der Waals surface area contributed by atoms with E-state index in [1.54, 1.807) is 12.1 Å². The van der Waals surface area contributed by atoms with Gasteiger partial charge in [-0.25, -0.2) is 0 Å². The van der Waals surface area contributed by atoms with Gasteiger partial charge in [0.2, 0.25) is 5.91 Å². The standard InChI is InChI=1S/C17H21F3N2O2/c1-21-10-11-5-4-8-22(11)16(23)14-9-13(14)12-6-2-3-7-15(12)24-17(18,19)20/h2-3,6-7,11,13-14,21H,4-5,8-10H2,1H3/t11-,13-,14+/m0/s1. The van der Waals surface area contributed by atoms with Gasteiger partial charge in [0.25, 0.3) is 0 Å². The number of nitrogens with one attached hydrogen (secondary N) is 1. The maximum Gasteiger partial charge on any atom is 0.573 e. The fraction of sp³-hybridized carbons (Fsp3) is 0.588. The number of halogens is 3. The number of para-hydroxylation sites is 1. The van der Waals surface area contributed by atoms with Gasteiger partial charge in [-0.2, -0.15) is 0 Å². The summed E-state index contributed by atoms with van der Waals surface area (Å²) in [5.74, 6) is -0.564. The lowest BCUT2D eigenvalue weighted by molar-refractivity contribution is -0.274. The second kappa shape index (κ2) is 6.63. The number of rotatable bonds is 5. The Morgan fingerprint density at radius 1 is 1.38 bits per heavy atom. The van der Waals surface area contributed by atoms with Gasteiger partial charge in [-0.15, -0.1) is 13.2 Å². The molecule has 1 N–H and O–H groups in total. The molecule has 1 aromatic carbocycles. The van der Waals surface area contributed by atoms with Crippen LogP contribution in [-0.4, -0.2) is 43.3 Å². The molecular formula is C17H21F3N2O2. The average Bonchev–Trinajstić information content (AvgIpc) is 3.17. The first kappa shape index (κ1) is 17.1. The quantitative estimate of drug-likeness (QED) is 0.895. The van der Waals surface area contributed by atoms with Gasteiger partial charge in [0, 0.05) is 25.0 Å². The van der Waals surface area contributed by atoms with Crippen molar-refractivity contribution in [1.29, 1.82) is 0 Å². The van der Waals surface area contributed by atoms with Gasteiger partial charge in [0.15, 0.2) is 0 Å². The number of alkyl halides is 3. The monoisotopic (exact) mass is 342 g/mol. The van der Waals surface area contributed by atoms with E-state index in [0.29, 0.717) is 12.0 Å². The van der Waals surface area contributed by atoms with Crippen LogP contribution < -0.4 is 10.1 Å². The summed E-state index contributed by atoms with van der Waals surface area (Å²) >= 11 is 0. The highest BCUT2D eigenvalue weighted by molar-refractivity contribution is 5.83. The predicted octanol–water partition coefficient (Wildman–Crippen LogP) is 2.90. The lowest BCUT2D eigenvalue weighted by Gasteiger charge is -2.25. The smallest absolute Gasteiger partial charge is 0.405 e. The Labute approximate surface area is 139 Å². The maximum atomic E-state index is 12.7. The Bertz CT molecular complexity index is 606. The summed E-state index contributed by atoms with van der Waals surface area (Å²) in [4.78, 5) is 14.6. The molecule has 1 aliphatic carbocycles. The summed E-state index contributed by atoms with van der Waals surface area (Å²) in [6, 6.07) is 6.30. The molecule has 1 amide bonds. The van der Waals surface area contributed by atoms with Crippen LogP contribution in [0.2, 0.25) is 0 Å². The summed E-state index contributed by atoms with van der Waals surface area (Å²) < 4.78 is 41.7. The summed E-state index contributed by atoms with van der Waals surface area (Å²) in [6.45, 7) is 1.48. The number of nitrogens with zero attached hydrogens (tertiary/aromatic N) is 1. The Hall–Kier alpha value is -1.76. The first-order valence-electron chi connectivity index (χ1n) is 8.20. The van der Waals surface area contributed by atoms with Gasteiger partial charge in [-0.3, -0.25) is 4.79 Å². The third-order valence-corrected chi connectivity index (χ3v) is 4.75. The van der Waals surface area contributed by atoms with Gasteiger partial charge < -0.3 is 15.0 Å². The van der Waals surface area contributed by atoms with Crippen LogP contribution in [0.4, 0.5) is 13.2 Å². The molecule has 132 valence electrons. The SMILES string of the molecule is CNC[C@@H]1CCCN1C(=O)[C@@H]1C[C@H]1c1ccccc1OC(F)(F)F. The highest BCUT2D eigenvalue weighted by atomic mass is 19.4. The second-order valence-electron chi connectivity index (χ2n) is 6.42. The number of hydrogen-bond acceptors (Lipinski definition) is 3. The van der Waals surface area contributed by atoms with E-state index < -0.39 is 6.36 Å². The zero-order valence-electron chi connectivity index (χ0n) is 13.5. The van der Waals surface area contributed by atoms with Crippen molar-refractivity contribution in [2.24, 2.45) is 5.92 Å². The highest BCUT2D eigenvalue weighted by Gasteiger charge is 2.49. The average molecular weight is 342 g/mol. The molecule has 3 rings (SSSR count). The van der Waals surface area contributed by atoms with Crippen LogP contribution in [0.5, 0.6) is 5.75 Å². The number of carbonyl (C=O) groups excluding carboxylic acids is 1. The van der Waals surface area contributed by atoms with Crippen LogP contribution in [0, 0.1) is 5.92 Å². The minimum Gasteiger partial charge on any atom is -0.405 e. The lowest BCUT2D eigenvalue weighted by Crippen LogP contribution is -2.41. The van der Waals surface area contributed by atoms with Crippen molar-refractivity contribution in [3.8, 4) is 5.75 Å². The summed E-state index contributed by atoms with van der Waals surface area (Å²) in [5, 5.41) is 3.09. The summed E-state index contributed by atoms with van der Waals surface area (Å²) in [5.41, 5.74) is 0.470. The zero-order valence-corrected chi connectivity index (χ0v) is 13.5. The third-order valence-electron chi connectivity index (χ3n) is 4.75. The second-order valence-corrected chi connectivity index (χ2v) is 6.42. The molecular weight excluding hydrogens is 321 g/mol. The summed E-state index contributed by atoms with van der Waals surface area (Å²) in [6.07, 6.45) is -2.20. The molecule has 2 aliphatic rings. The molecule has 0 spiro atoms. The van der Waals surface area contributed by atoms with Gasteiger partial charge in [-0.1, -0.05) is 18.2 Å². The van der Waals surface area contributed by atoms with Crippen LogP contribution in [0.15, 0.2) is 24.3 Å². The number of likely N-dealkylation sites (tertiary alicyclic amines) is 1. The number of likely N-dealkylation sites (N-methyl/N-ethyl adjacent to an activating group) is 1. The molecule has 0 bridgehead atoms. The van der Waals surface area contributed by atoms with Crippen molar-refractivity contribution in [3.05, 3.63) is 29.8 Å². The largest absolute Gasteiger partial charge is 0.573 e. The normalized spacial score (nSPS) is 26.5. The van der Waals surface area contributed by atoms with Crippen molar-refractivity contribution in [3.63, 3.8) is 0 Å². The zero-order chi connectivity index (χ0) is 17.3. The van der Waals surface area contributed by atoms with E-state index in [-0.39, 0.29) is 29.5 Å². The molecule has 1 heterocycles. The molecule has 1 aromatic rings. The lowest BCUT2D eigenvalue weighted by atomic mass is 10.1. The van der Waals surface area contributed by atoms with E-state index in [0.717, 1.165) is 25.9 Å². The first-order valence-corrected chi connectivity index (χ1v) is 8.20. The molecule has 1 saturated carbocycles.